The molecule has 1 aromatic carbocycles. The zero-order valence-electron chi connectivity index (χ0n) is 15.4. The Morgan fingerprint density at radius 2 is 2.07 bits per heavy atom. The first-order valence-electron chi connectivity index (χ1n) is 9.54. The maximum Gasteiger partial charge on any atom is 0.338 e. The molecule has 2 aliphatic rings. The quantitative estimate of drug-likeness (QED) is 0.772. The minimum atomic E-state index is -0.572. The van der Waals surface area contributed by atoms with Gasteiger partial charge in [0.1, 0.15) is 5.82 Å². The number of rotatable bonds is 3. The second kappa shape index (κ2) is 7.13. The highest BCUT2D eigenvalue weighted by Gasteiger charge is 2.24. The topological polar surface area (TPSA) is 81.5 Å². The van der Waals surface area contributed by atoms with Gasteiger partial charge < -0.3 is 9.64 Å². The van der Waals surface area contributed by atoms with Gasteiger partial charge in [0.25, 0.3) is 11.5 Å². The number of nitrogens with zero attached hydrogens (tertiary/aromatic N) is 3. The molecule has 0 N–H and O–H groups in total. The summed E-state index contributed by atoms with van der Waals surface area (Å²) >= 11 is 0. The minimum absolute atomic E-state index is 0.0679. The number of hydrogen-bond donors (Lipinski definition) is 0. The van der Waals surface area contributed by atoms with Gasteiger partial charge in [0.15, 0.2) is 6.61 Å². The average Bonchev–Trinajstić information content (AvgIpc) is 3.14. The number of aromatic nitrogens is 2. The maximum absolute atomic E-state index is 12.5. The Kier molecular flexibility index (Phi) is 4.68. The molecule has 4 rings (SSSR count). The summed E-state index contributed by atoms with van der Waals surface area (Å²) < 4.78 is 6.92. The Balaban J connectivity index is 1.49. The number of carbonyl (C=O) groups excluding carboxylic acids is 2. The third-order valence-corrected chi connectivity index (χ3v) is 5.50. The van der Waals surface area contributed by atoms with Crippen molar-refractivity contribution in [3.63, 3.8) is 0 Å². The van der Waals surface area contributed by atoms with Crippen LogP contribution in [0.4, 0.5) is 0 Å². The molecule has 2 aliphatic heterocycles. The molecule has 1 amide bonds. The SMILES string of the molecule is C[C@@H]1CCCCN1C(=O)COC(=O)c1ccc2c(=O)n3c(nc2c1)CCC3. The second-order valence-corrected chi connectivity index (χ2v) is 7.33. The van der Waals surface area contributed by atoms with Gasteiger partial charge in [0.2, 0.25) is 0 Å². The highest BCUT2D eigenvalue weighted by Crippen LogP contribution is 2.18. The maximum atomic E-state index is 12.5. The van der Waals surface area contributed by atoms with Crippen LogP contribution in [0.5, 0.6) is 0 Å². The summed E-state index contributed by atoms with van der Waals surface area (Å²) in [6, 6.07) is 4.93. The molecule has 0 saturated carbocycles. The summed E-state index contributed by atoms with van der Waals surface area (Å²) in [6.45, 7) is 3.16. The summed E-state index contributed by atoms with van der Waals surface area (Å²) in [7, 11) is 0. The van der Waals surface area contributed by atoms with Crippen molar-refractivity contribution in [2.45, 2.75) is 51.6 Å². The van der Waals surface area contributed by atoms with E-state index in [4.69, 9.17) is 4.74 Å². The summed E-state index contributed by atoms with van der Waals surface area (Å²) in [6.07, 6.45) is 4.77. The first-order valence-corrected chi connectivity index (χ1v) is 9.54. The van der Waals surface area contributed by atoms with E-state index in [1.165, 1.54) is 0 Å². The molecule has 142 valence electrons. The van der Waals surface area contributed by atoms with E-state index in [9.17, 15) is 14.4 Å². The van der Waals surface area contributed by atoms with E-state index < -0.39 is 5.97 Å². The Morgan fingerprint density at radius 3 is 2.89 bits per heavy atom. The number of amides is 1. The van der Waals surface area contributed by atoms with Crippen LogP contribution in [-0.4, -0.2) is 45.5 Å². The van der Waals surface area contributed by atoms with Gasteiger partial charge in [-0.05, 0) is 50.8 Å². The highest BCUT2D eigenvalue weighted by atomic mass is 16.5. The number of likely N-dealkylation sites (tertiary alicyclic amines) is 1. The summed E-state index contributed by atoms with van der Waals surface area (Å²) in [5.74, 6) is 0.0233. The minimum Gasteiger partial charge on any atom is -0.452 e. The zero-order valence-corrected chi connectivity index (χ0v) is 15.4. The largest absolute Gasteiger partial charge is 0.452 e. The van der Waals surface area contributed by atoms with Crippen LogP contribution in [0.3, 0.4) is 0 Å². The smallest absolute Gasteiger partial charge is 0.338 e. The first kappa shape index (κ1) is 17.7. The van der Waals surface area contributed by atoms with Crippen LogP contribution < -0.4 is 5.56 Å². The molecule has 0 unspecified atom stereocenters. The predicted octanol–water partition coefficient (Wildman–Crippen LogP) is 1.90. The monoisotopic (exact) mass is 369 g/mol. The molecule has 2 aromatic rings. The lowest BCUT2D eigenvalue weighted by atomic mass is 10.0. The molecule has 0 bridgehead atoms. The number of fused-ring (bicyclic) bond motifs is 2. The lowest BCUT2D eigenvalue weighted by molar-refractivity contribution is -0.137. The predicted molar refractivity (Wildman–Crippen MR) is 99.6 cm³/mol. The van der Waals surface area contributed by atoms with Crippen LogP contribution in [0.2, 0.25) is 0 Å². The molecule has 1 aromatic heterocycles. The standard InChI is InChI=1S/C20H23N3O4/c1-13-5-2-3-9-22(13)18(24)12-27-20(26)14-7-8-15-16(11-14)21-17-6-4-10-23(17)19(15)25/h7-8,11,13H,2-6,9-10,12H2,1H3/t13-/m1/s1. The summed E-state index contributed by atoms with van der Waals surface area (Å²) in [5.41, 5.74) is 0.733. The Labute approximate surface area is 156 Å². The van der Waals surface area contributed by atoms with Crippen LogP contribution in [0, 0.1) is 0 Å². The van der Waals surface area contributed by atoms with Crippen molar-refractivity contribution in [2.75, 3.05) is 13.2 Å². The van der Waals surface area contributed by atoms with Gasteiger partial charge in [0.05, 0.1) is 16.5 Å². The van der Waals surface area contributed by atoms with Gasteiger partial charge in [-0.15, -0.1) is 0 Å². The van der Waals surface area contributed by atoms with Crippen molar-refractivity contribution in [3.05, 3.63) is 39.9 Å². The van der Waals surface area contributed by atoms with Crippen molar-refractivity contribution >= 4 is 22.8 Å². The van der Waals surface area contributed by atoms with Crippen molar-refractivity contribution in [2.24, 2.45) is 0 Å². The van der Waals surface area contributed by atoms with Crippen molar-refractivity contribution < 1.29 is 14.3 Å². The molecule has 27 heavy (non-hydrogen) atoms. The number of benzene rings is 1. The third-order valence-electron chi connectivity index (χ3n) is 5.50. The lowest BCUT2D eigenvalue weighted by Crippen LogP contribution is -2.44. The number of hydrogen-bond acceptors (Lipinski definition) is 5. The number of esters is 1. The van der Waals surface area contributed by atoms with Crippen molar-refractivity contribution in [1.82, 2.24) is 14.5 Å². The molecular formula is C20H23N3O4. The second-order valence-electron chi connectivity index (χ2n) is 7.33. The van der Waals surface area contributed by atoms with Gasteiger partial charge in [-0.2, -0.15) is 0 Å². The van der Waals surface area contributed by atoms with Gasteiger partial charge in [-0.25, -0.2) is 9.78 Å². The van der Waals surface area contributed by atoms with Gasteiger partial charge in [0, 0.05) is 25.6 Å². The zero-order chi connectivity index (χ0) is 19.0. The van der Waals surface area contributed by atoms with E-state index in [2.05, 4.69) is 4.98 Å². The fourth-order valence-electron chi connectivity index (χ4n) is 3.97. The van der Waals surface area contributed by atoms with Gasteiger partial charge in [-0.3, -0.25) is 14.2 Å². The molecule has 0 radical (unpaired) electrons. The fraction of sp³-hybridized carbons (Fsp3) is 0.500. The summed E-state index contributed by atoms with van der Waals surface area (Å²) in [5, 5.41) is 0.496. The van der Waals surface area contributed by atoms with E-state index in [1.807, 2.05) is 6.92 Å². The highest BCUT2D eigenvalue weighted by molar-refractivity contribution is 5.95. The Hall–Kier alpha value is -2.70. The molecule has 1 atom stereocenters. The van der Waals surface area contributed by atoms with Crippen molar-refractivity contribution in [3.8, 4) is 0 Å². The average molecular weight is 369 g/mol. The normalized spacial score (nSPS) is 19.1. The third kappa shape index (κ3) is 3.34. The molecule has 0 spiro atoms. The lowest BCUT2D eigenvalue weighted by Gasteiger charge is -2.33. The van der Waals surface area contributed by atoms with Crippen LogP contribution in [0.1, 0.15) is 48.8 Å². The van der Waals surface area contributed by atoms with E-state index in [-0.39, 0.29) is 24.1 Å². The molecular weight excluding hydrogens is 346 g/mol. The Morgan fingerprint density at radius 1 is 1.22 bits per heavy atom. The number of ether oxygens (including phenoxy) is 1. The number of piperidine rings is 1. The van der Waals surface area contributed by atoms with Crippen LogP contribution in [-0.2, 0) is 22.5 Å². The van der Waals surface area contributed by atoms with E-state index in [0.29, 0.717) is 29.6 Å². The Bertz CT molecular complexity index is 966. The molecule has 7 nitrogen and oxygen atoms in total. The van der Waals surface area contributed by atoms with Crippen molar-refractivity contribution in [1.29, 1.82) is 0 Å². The van der Waals surface area contributed by atoms with E-state index >= 15 is 0 Å². The fourth-order valence-corrected chi connectivity index (χ4v) is 3.97. The molecule has 1 saturated heterocycles. The first-order chi connectivity index (χ1) is 13.0. The molecule has 0 aliphatic carbocycles. The molecule has 7 heteroatoms. The molecule has 1 fully saturated rings. The van der Waals surface area contributed by atoms with Crippen LogP contribution in [0.15, 0.2) is 23.0 Å². The van der Waals surface area contributed by atoms with E-state index in [1.54, 1.807) is 27.7 Å². The van der Waals surface area contributed by atoms with Crippen LogP contribution in [0.25, 0.3) is 10.9 Å². The molecule has 3 heterocycles. The van der Waals surface area contributed by atoms with E-state index in [0.717, 1.165) is 37.9 Å². The number of carbonyl (C=O) groups is 2. The van der Waals surface area contributed by atoms with Gasteiger partial charge in [-0.1, -0.05) is 0 Å². The number of aryl methyl sites for hydroxylation is 1. The van der Waals surface area contributed by atoms with Gasteiger partial charge >= 0.3 is 5.97 Å². The van der Waals surface area contributed by atoms with Crippen LogP contribution >= 0.6 is 0 Å². The summed E-state index contributed by atoms with van der Waals surface area (Å²) in [4.78, 5) is 43.5.